The van der Waals surface area contributed by atoms with E-state index in [4.69, 9.17) is 14.7 Å². The van der Waals surface area contributed by atoms with Crippen molar-refractivity contribution in [2.45, 2.75) is 13.0 Å². The van der Waals surface area contributed by atoms with E-state index in [1.807, 2.05) is 6.07 Å². The molecule has 0 fully saturated rings. The molecular weight excluding hydrogens is 589 g/mol. The molecule has 45 heavy (non-hydrogen) atoms. The number of rotatable bonds is 12. The summed E-state index contributed by atoms with van der Waals surface area (Å²) in [5.74, 6) is -2.38. The monoisotopic (exact) mass is 614 g/mol. The van der Waals surface area contributed by atoms with Crippen LogP contribution in [-0.4, -0.2) is 51.8 Å². The third kappa shape index (κ3) is 7.59. The lowest BCUT2D eigenvalue weighted by Crippen LogP contribution is -2.17. The van der Waals surface area contributed by atoms with Gasteiger partial charge in [-0.25, -0.2) is 18.2 Å². The van der Waals surface area contributed by atoms with Crippen LogP contribution in [0, 0.1) is 28.8 Å². The van der Waals surface area contributed by atoms with Crippen molar-refractivity contribution in [1.82, 2.24) is 25.6 Å². The van der Waals surface area contributed by atoms with Crippen LogP contribution in [0.2, 0.25) is 0 Å². The molecule has 14 heteroatoms. The van der Waals surface area contributed by atoms with E-state index in [1.165, 1.54) is 30.3 Å². The fourth-order valence-electron chi connectivity index (χ4n) is 4.33. The van der Waals surface area contributed by atoms with Gasteiger partial charge in [0.25, 0.3) is 0 Å². The maximum absolute atomic E-state index is 15.2. The van der Waals surface area contributed by atoms with Gasteiger partial charge in [0.05, 0.1) is 41.7 Å². The third-order valence-electron chi connectivity index (χ3n) is 6.56. The number of H-pyrrole nitrogens is 1. The number of ether oxygens (including phenoxy) is 2. The van der Waals surface area contributed by atoms with E-state index in [1.54, 1.807) is 25.3 Å². The Morgan fingerprint density at radius 3 is 2.58 bits per heavy atom. The van der Waals surface area contributed by atoms with Crippen LogP contribution in [0.25, 0.3) is 22.6 Å². The van der Waals surface area contributed by atoms with Gasteiger partial charge >= 0.3 is 0 Å². The quantitative estimate of drug-likeness (QED) is 0.164. The summed E-state index contributed by atoms with van der Waals surface area (Å²) in [4.78, 5) is 17.1. The summed E-state index contributed by atoms with van der Waals surface area (Å²) in [7, 11) is 1.56. The summed E-state index contributed by atoms with van der Waals surface area (Å²) >= 11 is 0. The van der Waals surface area contributed by atoms with Crippen molar-refractivity contribution in [1.29, 1.82) is 5.26 Å². The molecule has 0 aliphatic rings. The van der Waals surface area contributed by atoms with Crippen molar-refractivity contribution >= 4 is 17.3 Å². The first-order valence-electron chi connectivity index (χ1n) is 13.5. The van der Waals surface area contributed by atoms with Crippen molar-refractivity contribution in [3.63, 3.8) is 0 Å². The highest BCUT2D eigenvalue weighted by Gasteiger charge is 2.17. The van der Waals surface area contributed by atoms with Gasteiger partial charge in [0.15, 0.2) is 0 Å². The van der Waals surface area contributed by atoms with Crippen LogP contribution in [0.3, 0.4) is 0 Å². The maximum atomic E-state index is 15.2. The highest BCUT2D eigenvalue weighted by Crippen LogP contribution is 2.29. The van der Waals surface area contributed by atoms with Crippen molar-refractivity contribution in [3.05, 3.63) is 101 Å². The number of anilines is 2. The smallest absolute Gasteiger partial charge is 0.228 e. The van der Waals surface area contributed by atoms with E-state index >= 15 is 8.78 Å². The van der Waals surface area contributed by atoms with Crippen LogP contribution in [-0.2, 0) is 22.6 Å². The fraction of sp³-hybridized carbons (Fsp3) is 0.161. The van der Waals surface area contributed by atoms with Crippen molar-refractivity contribution in [2.75, 3.05) is 30.9 Å². The minimum absolute atomic E-state index is 0.0554. The Balaban J connectivity index is 1.28. The highest BCUT2D eigenvalue weighted by atomic mass is 19.1. The summed E-state index contributed by atoms with van der Waals surface area (Å²) in [5, 5.41) is 28.6. The SMILES string of the molecule is COCCNc1cc(-c2nn[nH]n2)ccc1NC(=O)Cc1cc(F)c(-c2cccc(OCc3ccc(C#N)cc3F)n2)cc1F. The van der Waals surface area contributed by atoms with E-state index in [0.29, 0.717) is 35.9 Å². The van der Waals surface area contributed by atoms with Crippen molar-refractivity contribution in [2.24, 2.45) is 0 Å². The lowest BCUT2D eigenvalue weighted by atomic mass is 10.0. The van der Waals surface area contributed by atoms with Gasteiger partial charge in [-0.15, -0.1) is 10.2 Å². The summed E-state index contributed by atoms with van der Waals surface area (Å²) in [6, 6.07) is 17.3. The number of nitrogens with one attached hydrogen (secondary N) is 3. The van der Waals surface area contributed by atoms with Gasteiger partial charge in [-0.2, -0.15) is 10.5 Å². The number of carbonyl (C=O) groups excluding carboxylic acids is 1. The van der Waals surface area contributed by atoms with Gasteiger partial charge in [-0.3, -0.25) is 4.79 Å². The van der Waals surface area contributed by atoms with Crippen molar-refractivity contribution in [3.8, 4) is 34.6 Å². The molecule has 0 radical (unpaired) electrons. The molecule has 3 N–H and O–H groups in total. The molecule has 0 aliphatic heterocycles. The Hall–Kier alpha value is -5.81. The van der Waals surface area contributed by atoms with Crippen LogP contribution in [0.1, 0.15) is 16.7 Å². The van der Waals surface area contributed by atoms with Crippen LogP contribution < -0.4 is 15.4 Å². The number of aromatic amines is 1. The number of hydrogen-bond donors (Lipinski definition) is 3. The highest BCUT2D eigenvalue weighted by molar-refractivity contribution is 5.96. The number of nitrogens with zero attached hydrogens (tertiary/aromatic N) is 5. The molecule has 0 spiro atoms. The van der Waals surface area contributed by atoms with Gasteiger partial charge in [-0.1, -0.05) is 12.1 Å². The first-order valence-corrected chi connectivity index (χ1v) is 13.5. The van der Waals surface area contributed by atoms with Gasteiger partial charge in [0, 0.05) is 42.0 Å². The lowest BCUT2D eigenvalue weighted by molar-refractivity contribution is -0.115. The zero-order chi connectivity index (χ0) is 31.8. The zero-order valence-corrected chi connectivity index (χ0v) is 23.8. The van der Waals surface area contributed by atoms with E-state index in [0.717, 1.165) is 18.2 Å². The Labute approximate surface area is 255 Å². The van der Waals surface area contributed by atoms with Gasteiger partial charge in [0.2, 0.25) is 17.6 Å². The number of nitriles is 1. The largest absolute Gasteiger partial charge is 0.473 e. The molecule has 11 nitrogen and oxygen atoms in total. The van der Waals surface area contributed by atoms with Gasteiger partial charge in [0.1, 0.15) is 24.1 Å². The fourth-order valence-corrected chi connectivity index (χ4v) is 4.33. The predicted octanol–water partition coefficient (Wildman–Crippen LogP) is 5.04. The number of tetrazole rings is 1. The second kappa shape index (κ2) is 14.1. The molecule has 0 unspecified atom stereocenters. The molecule has 0 saturated carbocycles. The number of carbonyl (C=O) groups is 1. The van der Waals surface area contributed by atoms with E-state index in [2.05, 4.69) is 36.2 Å². The summed E-state index contributed by atoms with van der Waals surface area (Å²) in [6.45, 7) is 0.640. The minimum atomic E-state index is -0.805. The molecule has 0 bridgehead atoms. The lowest BCUT2D eigenvalue weighted by Gasteiger charge is -2.15. The number of aromatic nitrogens is 5. The third-order valence-corrected chi connectivity index (χ3v) is 6.56. The molecule has 5 aromatic rings. The molecule has 2 aromatic heterocycles. The first kappa shape index (κ1) is 30.6. The summed E-state index contributed by atoms with van der Waals surface area (Å²) < 4.78 is 55.2. The second-order valence-corrected chi connectivity index (χ2v) is 9.63. The molecule has 2 heterocycles. The van der Waals surface area contributed by atoms with Crippen LogP contribution in [0.5, 0.6) is 5.88 Å². The molecule has 5 rings (SSSR count). The van der Waals surface area contributed by atoms with E-state index < -0.39 is 29.8 Å². The molecule has 1 amide bonds. The molecule has 3 aromatic carbocycles. The van der Waals surface area contributed by atoms with Crippen LogP contribution in [0.4, 0.5) is 24.5 Å². The average Bonchev–Trinajstić information content (AvgIpc) is 3.58. The molecule has 0 aliphatic carbocycles. The van der Waals surface area contributed by atoms with E-state index in [-0.39, 0.29) is 40.4 Å². The first-order chi connectivity index (χ1) is 21.8. The van der Waals surface area contributed by atoms with E-state index in [9.17, 15) is 9.18 Å². The number of benzene rings is 3. The number of methoxy groups -OCH3 is 1. The molecule has 228 valence electrons. The normalized spacial score (nSPS) is 10.7. The number of amides is 1. The minimum Gasteiger partial charge on any atom is -0.473 e. The predicted molar refractivity (Wildman–Crippen MR) is 157 cm³/mol. The number of halogens is 3. The standard InChI is InChI=1S/C31H25F3N8O3/c1-44-10-9-36-28-13-19(31-39-41-42-40-31)7-8-27(28)37-29(43)14-21-12-25(34)22(15-24(21)33)26-3-2-4-30(38-26)45-17-20-6-5-18(16-35)11-23(20)32/h2-8,11-13,15,36H,9-10,14,17H2,1H3,(H,37,43)(H,39,40,41,42). The van der Waals surface area contributed by atoms with Crippen LogP contribution >= 0.6 is 0 Å². The van der Waals surface area contributed by atoms with Crippen molar-refractivity contribution < 1.29 is 27.4 Å². The number of pyridine rings is 1. The maximum Gasteiger partial charge on any atom is 0.228 e. The average molecular weight is 615 g/mol. The molecule has 0 saturated heterocycles. The van der Waals surface area contributed by atoms with Gasteiger partial charge in [-0.05, 0) is 53.7 Å². The Bertz CT molecular complexity index is 1860. The number of hydrogen-bond acceptors (Lipinski definition) is 9. The Morgan fingerprint density at radius 2 is 1.82 bits per heavy atom. The topological polar surface area (TPSA) is 151 Å². The summed E-state index contributed by atoms with van der Waals surface area (Å²) in [6.07, 6.45) is -0.445. The summed E-state index contributed by atoms with van der Waals surface area (Å²) in [5.41, 5.74) is 1.72. The Kier molecular flexibility index (Phi) is 9.61. The zero-order valence-electron chi connectivity index (χ0n) is 23.8. The molecule has 0 atom stereocenters. The molecular formula is C31H25F3N8O3. The van der Waals surface area contributed by atoms with Gasteiger partial charge < -0.3 is 20.1 Å². The Morgan fingerprint density at radius 1 is 0.978 bits per heavy atom. The second-order valence-electron chi connectivity index (χ2n) is 9.63. The van der Waals surface area contributed by atoms with Crippen LogP contribution in [0.15, 0.2) is 66.7 Å².